The van der Waals surface area contributed by atoms with Gasteiger partial charge in [0.1, 0.15) is 18.3 Å². The molecule has 0 aromatic rings. The second kappa shape index (κ2) is 20.3. The normalized spacial score (nSPS) is 30.6. The second-order valence-electron chi connectivity index (χ2n) is 11.8. The quantitative estimate of drug-likeness (QED) is 0.105. The molecule has 1 aliphatic rings. The number of hydrogen-bond acceptors (Lipinski definition) is 7. The van der Waals surface area contributed by atoms with Gasteiger partial charge in [0.15, 0.2) is 0 Å². The molecule has 41 heavy (non-hydrogen) atoms. The lowest BCUT2D eigenvalue weighted by atomic mass is 9.89. The van der Waals surface area contributed by atoms with E-state index in [1.807, 2.05) is 26.0 Å². The molecule has 7 atom stereocenters. The van der Waals surface area contributed by atoms with Crippen molar-refractivity contribution in [1.29, 1.82) is 0 Å². The molecular weight excluding hydrogens is 522 g/mol. The molecule has 1 amide bonds. The fraction of sp³-hybridized carbons (Fsp3) is 0.727. The van der Waals surface area contributed by atoms with E-state index < -0.39 is 48.4 Å². The van der Waals surface area contributed by atoms with E-state index in [0.29, 0.717) is 38.5 Å². The van der Waals surface area contributed by atoms with Crippen LogP contribution in [0.1, 0.15) is 112 Å². The minimum Gasteiger partial charge on any atom is -0.460 e. The number of carbonyl (C=O) groups excluding carboxylic acids is 3. The first-order valence-electron chi connectivity index (χ1n) is 15.4. The fourth-order valence-electron chi connectivity index (χ4n) is 5.09. The van der Waals surface area contributed by atoms with Crippen LogP contribution >= 0.6 is 0 Å². The summed E-state index contributed by atoms with van der Waals surface area (Å²) in [4.78, 5) is 36.7. The van der Waals surface area contributed by atoms with Gasteiger partial charge in [0, 0.05) is 6.92 Å². The van der Waals surface area contributed by atoms with Gasteiger partial charge in [-0.25, -0.2) is 4.79 Å². The van der Waals surface area contributed by atoms with Crippen LogP contribution in [0.25, 0.3) is 0 Å². The van der Waals surface area contributed by atoms with Gasteiger partial charge in [-0.2, -0.15) is 0 Å². The Balaban J connectivity index is 3.20. The molecule has 3 N–H and O–H groups in total. The number of rotatable bonds is 8. The molecule has 234 valence electrons. The highest BCUT2D eigenvalue weighted by molar-refractivity contribution is 5.74. The summed E-state index contributed by atoms with van der Waals surface area (Å²) in [6, 6.07) is 0. The maximum Gasteiger partial charge on any atom is 0.404 e. The summed E-state index contributed by atoms with van der Waals surface area (Å²) in [6.07, 6.45) is 15.4. The molecular formula is C33H55NO7. The average molecular weight is 578 g/mol. The first-order valence-corrected chi connectivity index (χ1v) is 15.4. The maximum absolute atomic E-state index is 13.3. The zero-order valence-corrected chi connectivity index (χ0v) is 26.2. The van der Waals surface area contributed by atoms with Gasteiger partial charge in [0.25, 0.3) is 0 Å². The Kier molecular flexibility index (Phi) is 18.0. The first-order chi connectivity index (χ1) is 19.4. The van der Waals surface area contributed by atoms with E-state index in [1.54, 1.807) is 6.92 Å². The Morgan fingerprint density at radius 1 is 1.02 bits per heavy atom. The zero-order chi connectivity index (χ0) is 30.8. The van der Waals surface area contributed by atoms with E-state index in [2.05, 4.69) is 32.1 Å². The molecule has 0 radical (unpaired) electrons. The number of carbonyl (C=O) groups is 3. The summed E-state index contributed by atoms with van der Waals surface area (Å²) < 4.78 is 16.8. The number of nitrogens with two attached hydrogens (primary N) is 1. The van der Waals surface area contributed by atoms with Crippen molar-refractivity contribution in [2.24, 2.45) is 23.5 Å². The van der Waals surface area contributed by atoms with Crippen molar-refractivity contribution in [2.45, 2.75) is 137 Å². The van der Waals surface area contributed by atoms with Crippen LogP contribution in [0, 0.1) is 17.8 Å². The highest BCUT2D eigenvalue weighted by Crippen LogP contribution is 2.26. The van der Waals surface area contributed by atoms with Gasteiger partial charge in [0.2, 0.25) is 0 Å². The molecule has 1 aliphatic heterocycles. The number of aliphatic hydroxyl groups is 1. The highest BCUT2D eigenvalue weighted by atomic mass is 16.6. The number of esters is 2. The van der Waals surface area contributed by atoms with Crippen LogP contribution in [0.3, 0.4) is 0 Å². The Labute approximate surface area is 247 Å². The largest absolute Gasteiger partial charge is 0.460 e. The number of ether oxygens (including phenoxy) is 3. The number of allylic oxidation sites excluding steroid dienone is 5. The topological polar surface area (TPSA) is 125 Å². The first kappa shape index (κ1) is 36.4. The van der Waals surface area contributed by atoms with Crippen molar-refractivity contribution < 1.29 is 33.7 Å². The Hall–Kier alpha value is -2.61. The van der Waals surface area contributed by atoms with Gasteiger partial charge in [0.05, 0.1) is 12.0 Å². The predicted octanol–water partition coefficient (Wildman–Crippen LogP) is 6.95. The third kappa shape index (κ3) is 16.4. The van der Waals surface area contributed by atoms with Crippen molar-refractivity contribution >= 4 is 18.0 Å². The monoisotopic (exact) mass is 577 g/mol. The van der Waals surface area contributed by atoms with Crippen LogP contribution < -0.4 is 5.73 Å². The Bertz CT molecular complexity index is 881. The summed E-state index contributed by atoms with van der Waals surface area (Å²) in [7, 11) is 0. The van der Waals surface area contributed by atoms with Crippen LogP contribution in [-0.4, -0.2) is 47.6 Å². The molecule has 1 heterocycles. The molecule has 7 unspecified atom stereocenters. The Morgan fingerprint density at radius 3 is 2.41 bits per heavy atom. The molecule has 8 nitrogen and oxygen atoms in total. The van der Waals surface area contributed by atoms with Gasteiger partial charge in [-0.3, -0.25) is 9.59 Å². The third-order valence-electron chi connectivity index (χ3n) is 7.56. The standard InChI is InChI=1S/C33H55NO7/c1-7-8-9-10-12-15-23(2)20-28-21-24(3)16-13-11-14-17-29(36)30(39-27(6)35)19-18-25(4)22-31(41-33(34)38)26(5)32(37)40-28/h11-13,15,20,24-26,28-31,36H,7-10,14,16-19,21-22H2,1-6H3,(H2,34,38)/b13-11+,15-12+,23-20+. The zero-order valence-electron chi connectivity index (χ0n) is 26.2. The molecule has 0 bridgehead atoms. The number of primary amides is 1. The van der Waals surface area contributed by atoms with Crippen molar-refractivity contribution in [3.63, 3.8) is 0 Å². The van der Waals surface area contributed by atoms with Crippen molar-refractivity contribution in [2.75, 3.05) is 0 Å². The van der Waals surface area contributed by atoms with E-state index >= 15 is 0 Å². The smallest absolute Gasteiger partial charge is 0.404 e. The molecule has 0 aromatic heterocycles. The van der Waals surface area contributed by atoms with Crippen LogP contribution in [-0.2, 0) is 23.8 Å². The van der Waals surface area contributed by atoms with E-state index in [0.717, 1.165) is 24.8 Å². The van der Waals surface area contributed by atoms with Gasteiger partial charge in [-0.05, 0) is 89.5 Å². The number of unbranched alkanes of at least 4 members (excludes halogenated alkanes) is 3. The molecule has 1 rings (SSSR count). The van der Waals surface area contributed by atoms with Crippen LogP contribution in [0.5, 0.6) is 0 Å². The van der Waals surface area contributed by atoms with Crippen molar-refractivity contribution in [1.82, 2.24) is 0 Å². The molecule has 0 aromatic carbocycles. The lowest BCUT2D eigenvalue weighted by Gasteiger charge is -2.28. The van der Waals surface area contributed by atoms with Gasteiger partial charge < -0.3 is 25.1 Å². The van der Waals surface area contributed by atoms with Crippen molar-refractivity contribution in [3.05, 3.63) is 36.0 Å². The average Bonchev–Trinajstić information content (AvgIpc) is 2.88. The maximum atomic E-state index is 13.3. The van der Waals surface area contributed by atoms with Gasteiger partial charge in [-0.1, -0.05) is 63.5 Å². The minimum atomic E-state index is -0.946. The lowest BCUT2D eigenvalue weighted by Crippen LogP contribution is -2.36. The molecule has 0 aliphatic carbocycles. The SMILES string of the molecule is CCCCC/C=C/C(C)=C/C1CC(C)C/C=C/CCC(O)C(OC(C)=O)CCC(C)CC(OC(N)=O)C(C)C(=O)O1. The summed E-state index contributed by atoms with van der Waals surface area (Å²) in [5.74, 6) is -1.39. The van der Waals surface area contributed by atoms with Crippen LogP contribution in [0.4, 0.5) is 4.79 Å². The molecule has 0 saturated heterocycles. The molecule has 8 heteroatoms. The molecule has 0 saturated carbocycles. The van der Waals surface area contributed by atoms with Gasteiger partial charge in [-0.15, -0.1) is 0 Å². The Morgan fingerprint density at radius 2 is 1.76 bits per heavy atom. The van der Waals surface area contributed by atoms with E-state index in [1.165, 1.54) is 19.8 Å². The summed E-state index contributed by atoms with van der Waals surface area (Å²) in [6.45, 7) is 11.3. The molecule has 0 fully saturated rings. The van der Waals surface area contributed by atoms with E-state index in [9.17, 15) is 19.5 Å². The van der Waals surface area contributed by atoms with E-state index in [-0.39, 0.29) is 11.8 Å². The number of hydrogen-bond donors (Lipinski definition) is 2. The number of cyclic esters (lactones) is 1. The fourth-order valence-corrected chi connectivity index (χ4v) is 5.09. The third-order valence-corrected chi connectivity index (χ3v) is 7.56. The molecule has 0 spiro atoms. The number of amides is 1. The highest BCUT2D eigenvalue weighted by Gasteiger charge is 2.32. The minimum absolute atomic E-state index is 0.00515. The van der Waals surface area contributed by atoms with Crippen molar-refractivity contribution in [3.8, 4) is 0 Å². The summed E-state index contributed by atoms with van der Waals surface area (Å²) in [5.41, 5.74) is 6.40. The summed E-state index contributed by atoms with van der Waals surface area (Å²) in [5, 5.41) is 10.7. The second-order valence-corrected chi connectivity index (χ2v) is 11.8. The van der Waals surface area contributed by atoms with Crippen LogP contribution in [0.15, 0.2) is 36.0 Å². The predicted molar refractivity (Wildman–Crippen MR) is 162 cm³/mol. The lowest BCUT2D eigenvalue weighted by molar-refractivity contribution is -0.156. The van der Waals surface area contributed by atoms with Gasteiger partial charge >= 0.3 is 18.0 Å². The number of aliphatic hydroxyl groups excluding tert-OH is 1. The van der Waals surface area contributed by atoms with Crippen LogP contribution in [0.2, 0.25) is 0 Å². The van der Waals surface area contributed by atoms with E-state index in [4.69, 9.17) is 19.9 Å². The summed E-state index contributed by atoms with van der Waals surface area (Å²) >= 11 is 0.